The van der Waals surface area contributed by atoms with Crippen LogP contribution in [0.3, 0.4) is 0 Å². The fraction of sp³-hybridized carbons (Fsp3) is 0.211. The second-order valence-corrected chi connectivity index (χ2v) is 4.90. The van der Waals surface area contributed by atoms with Crippen LogP contribution in [0, 0.1) is 17.7 Å². The first-order valence-corrected chi connectivity index (χ1v) is 7.30. The zero-order valence-electron chi connectivity index (χ0n) is 12.3. The molecule has 0 fully saturated rings. The Morgan fingerprint density at radius 1 is 1.05 bits per heavy atom. The van der Waals surface area contributed by atoms with Gasteiger partial charge in [0, 0.05) is 6.42 Å². The molecule has 0 aliphatic rings. The van der Waals surface area contributed by atoms with E-state index in [-0.39, 0.29) is 18.3 Å². The van der Waals surface area contributed by atoms with Crippen LogP contribution < -0.4 is 5.32 Å². The van der Waals surface area contributed by atoms with Crippen molar-refractivity contribution in [2.45, 2.75) is 19.3 Å². The first-order valence-electron chi connectivity index (χ1n) is 7.30. The highest BCUT2D eigenvalue weighted by Crippen LogP contribution is 2.04. The summed E-state index contributed by atoms with van der Waals surface area (Å²) in [6.45, 7) is 0.235. The average molecular weight is 295 g/mol. The van der Waals surface area contributed by atoms with E-state index in [4.69, 9.17) is 0 Å². The maximum atomic E-state index is 13.3. The first-order chi connectivity index (χ1) is 10.8. The van der Waals surface area contributed by atoms with Gasteiger partial charge in [-0.25, -0.2) is 4.39 Å². The van der Waals surface area contributed by atoms with Crippen LogP contribution in [-0.2, 0) is 11.2 Å². The van der Waals surface area contributed by atoms with Gasteiger partial charge in [-0.15, -0.1) is 0 Å². The first kappa shape index (κ1) is 15.8. The normalized spacial score (nSPS) is 9.68. The lowest BCUT2D eigenvalue weighted by Gasteiger charge is -2.02. The Bertz CT molecular complexity index is 671. The monoisotopic (exact) mass is 295 g/mol. The molecule has 0 spiro atoms. The van der Waals surface area contributed by atoms with E-state index in [2.05, 4.69) is 29.3 Å². The van der Waals surface area contributed by atoms with Gasteiger partial charge in [-0.2, -0.15) is 0 Å². The van der Waals surface area contributed by atoms with Gasteiger partial charge in [0.25, 0.3) is 0 Å². The zero-order chi connectivity index (χ0) is 15.6. The van der Waals surface area contributed by atoms with Crippen molar-refractivity contribution in [3.8, 4) is 11.8 Å². The Hall–Kier alpha value is -2.60. The summed E-state index contributed by atoms with van der Waals surface area (Å²) in [6, 6.07) is 16.4. The summed E-state index contributed by atoms with van der Waals surface area (Å²) >= 11 is 0. The van der Waals surface area contributed by atoms with Crippen LogP contribution in [0.2, 0.25) is 0 Å². The van der Waals surface area contributed by atoms with Crippen molar-refractivity contribution in [1.29, 1.82) is 0 Å². The number of rotatable bonds is 5. The number of amides is 1. The molecule has 0 aliphatic heterocycles. The largest absolute Gasteiger partial charge is 0.345 e. The number of halogens is 1. The van der Waals surface area contributed by atoms with Crippen molar-refractivity contribution in [3.05, 3.63) is 71.5 Å². The van der Waals surface area contributed by atoms with Crippen molar-refractivity contribution in [3.63, 3.8) is 0 Å². The summed E-state index contributed by atoms with van der Waals surface area (Å²) in [4.78, 5) is 11.7. The van der Waals surface area contributed by atoms with Gasteiger partial charge in [-0.3, -0.25) is 4.79 Å². The third-order valence-corrected chi connectivity index (χ3v) is 3.18. The molecule has 0 aromatic heterocycles. The van der Waals surface area contributed by atoms with E-state index < -0.39 is 0 Å². The van der Waals surface area contributed by atoms with Gasteiger partial charge in [0.2, 0.25) is 5.91 Å². The van der Waals surface area contributed by atoms with Crippen molar-refractivity contribution in [2.75, 3.05) is 6.54 Å². The number of benzene rings is 2. The van der Waals surface area contributed by atoms with E-state index in [9.17, 15) is 9.18 Å². The molecule has 0 bridgehead atoms. The van der Waals surface area contributed by atoms with E-state index in [1.54, 1.807) is 18.2 Å². The molecule has 0 saturated heterocycles. The number of hydrogen-bond acceptors (Lipinski definition) is 1. The number of aryl methyl sites for hydroxylation is 1. The van der Waals surface area contributed by atoms with Gasteiger partial charge in [0.05, 0.1) is 12.1 Å². The molecule has 2 aromatic rings. The van der Waals surface area contributed by atoms with Crippen LogP contribution in [0.25, 0.3) is 0 Å². The van der Waals surface area contributed by atoms with Gasteiger partial charge >= 0.3 is 0 Å². The molecular formula is C19H18FNO. The van der Waals surface area contributed by atoms with E-state index in [0.29, 0.717) is 12.0 Å². The Kier molecular flexibility index (Phi) is 6.19. The minimum absolute atomic E-state index is 0.0289. The predicted octanol–water partition coefficient (Wildman–Crippen LogP) is 3.32. The fourth-order valence-electron chi connectivity index (χ4n) is 2.03. The molecular weight excluding hydrogens is 277 g/mol. The molecule has 0 atom stereocenters. The predicted molar refractivity (Wildman–Crippen MR) is 85.7 cm³/mol. The molecule has 22 heavy (non-hydrogen) atoms. The summed E-state index contributed by atoms with van der Waals surface area (Å²) in [5.41, 5.74) is 1.58. The van der Waals surface area contributed by atoms with Crippen LogP contribution in [0.5, 0.6) is 0 Å². The van der Waals surface area contributed by atoms with Crippen molar-refractivity contribution < 1.29 is 9.18 Å². The quantitative estimate of drug-likeness (QED) is 0.842. The summed E-state index contributed by atoms with van der Waals surface area (Å²) in [7, 11) is 0. The summed E-state index contributed by atoms with van der Waals surface area (Å²) in [5.74, 6) is 5.10. The van der Waals surface area contributed by atoms with Crippen LogP contribution >= 0.6 is 0 Å². The Morgan fingerprint density at radius 2 is 1.77 bits per heavy atom. The smallest absolute Gasteiger partial charge is 0.220 e. The topological polar surface area (TPSA) is 29.1 Å². The highest BCUT2D eigenvalue weighted by atomic mass is 19.1. The zero-order valence-corrected chi connectivity index (χ0v) is 12.3. The summed E-state index contributed by atoms with van der Waals surface area (Å²) in [5, 5.41) is 2.72. The lowest BCUT2D eigenvalue weighted by Crippen LogP contribution is -2.23. The van der Waals surface area contributed by atoms with Gasteiger partial charge < -0.3 is 5.32 Å². The second-order valence-electron chi connectivity index (χ2n) is 4.90. The van der Waals surface area contributed by atoms with Gasteiger partial charge in [-0.05, 0) is 30.5 Å². The van der Waals surface area contributed by atoms with Crippen LogP contribution in [0.15, 0.2) is 54.6 Å². The Labute approximate surface area is 130 Å². The van der Waals surface area contributed by atoms with Crippen LogP contribution in [0.1, 0.15) is 24.0 Å². The molecule has 0 aliphatic carbocycles. The lowest BCUT2D eigenvalue weighted by atomic mass is 10.1. The third kappa shape index (κ3) is 5.41. The third-order valence-electron chi connectivity index (χ3n) is 3.18. The maximum Gasteiger partial charge on any atom is 0.220 e. The lowest BCUT2D eigenvalue weighted by molar-refractivity contribution is -0.120. The van der Waals surface area contributed by atoms with Gasteiger partial charge in [0.1, 0.15) is 5.82 Å². The standard InChI is InChI=1S/C19H18FNO/c20-18-13-5-4-11-17(18)12-7-15-21-19(22)14-6-10-16-8-2-1-3-9-16/h1-5,8-9,11,13H,6,10,14-15H2,(H,21,22). The number of carbonyl (C=O) groups is 1. The minimum atomic E-state index is -0.343. The molecule has 0 unspecified atom stereocenters. The SMILES string of the molecule is O=C(CCCc1ccccc1)NCC#Cc1ccccc1F. The molecule has 2 nitrogen and oxygen atoms in total. The molecule has 2 aromatic carbocycles. The van der Waals surface area contributed by atoms with E-state index in [1.807, 2.05) is 18.2 Å². The highest BCUT2D eigenvalue weighted by Gasteiger charge is 2.00. The molecule has 2 rings (SSSR count). The minimum Gasteiger partial charge on any atom is -0.345 e. The van der Waals surface area contributed by atoms with Gasteiger partial charge in [-0.1, -0.05) is 54.3 Å². The highest BCUT2D eigenvalue weighted by molar-refractivity contribution is 5.76. The summed E-state index contributed by atoms with van der Waals surface area (Å²) in [6.07, 6.45) is 2.15. The van der Waals surface area contributed by atoms with Crippen LogP contribution in [-0.4, -0.2) is 12.5 Å². The van der Waals surface area contributed by atoms with Crippen molar-refractivity contribution >= 4 is 5.91 Å². The number of hydrogen-bond donors (Lipinski definition) is 1. The van der Waals surface area contributed by atoms with E-state index in [1.165, 1.54) is 11.6 Å². The fourth-order valence-corrected chi connectivity index (χ4v) is 2.03. The van der Waals surface area contributed by atoms with Crippen molar-refractivity contribution in [1.82, 2.24) is 5.32 Å². The molecule has 3 heteroatoms. The maximum absolute atomic E-state index is 13.3. The van der Waals surface area contributed by atoms with E-state index >= 15 is 0 Å². The molecule has 0 radical (unpaired) electrons. The average Bonchev–Trinajstić information content (AvgIpc) is 2.54. The molecule has 1 N–H and O–H groups in total. The number of carbonyl (C=O) groups excluding carboxylic acids is 1. The summed E-state index contributed by atoms with van der Waals surface area (Å²) < 4.78 is 13.3. The Morgan fingerprint density at radius 3 is 2.55 bits per heavy atom. The van der Waals surface area contributed by atoms with Gasteiger partial charge in [0.15, 0.2) is 0 Å². The number of nitrogens with one attached hydrogen (secondary N) is 1. The molecule has 1 amide bonds. The molecule has 0 heterocycles. The molecule has 112 valence electrons. The van der Waals surface area contributed by atoms with Crippen LogP contribution in [0.4, 0.5) is 4.39 Å². The second kappa shape index (κ2) is 8.63. The van der Waals surface area contributed by atoms with Crippen molar-refractivity contribution in [2.24, 2.45) is 0 Å². The molecule has 0 saturated carbocycles. The Balaban J connectivity index is 1.67. The van der Waals surface area contributed by atoms with E-state index in [0.717, 1.165) is 12.8 Å².